The van der Waals surface area contributed by atoms with E-state index in [1.54, 1.807) is 0 Å². The molecule has 0 bridgehead atoms. The molecular formula is C88H186N10+4. The van der Waals surface area contributed by atoms with Crippen molar-refractivity contribution in [3.05, 3.63) is 30.1 Å². The van der Waals surface area contributed by atoms with Crippen LogP contribution in [0.2, 0.25) is 0 Å². The predicted molar refractivity (Wildman–Crippen MR) is 440 cm³/mol. The largest absolute Gasteiger partial charge is 0.324 e. The minimum absolute atomic E-state index is 0. The van der Waals surface area contributed by atoms with Crippen LogP contribution in [0.15, 0.2) is 24.5 Å². The zero-order valence-corrected chi connectivity index (χ0v) is 72.8. The topological polar surface area (TPSA) is 23.3 Å². The maximum atomic E-state index is 2.64. The van der Waals surface area contributed by atoms with Crippen molar-refractivity contribution in [3.63, 3.8) is 0 Å². The molecule has 7 aliphatic rings. The molecule has 0 aliphatic carbocycles. The van der Waals surface area contributed by atoms with Crippen molar-refractivity contribution in [1.82, 2.24) is 29.4 Å². The molecule has 7 aliphatic heterocycles. The molecular weight excluding hydrogens is 1200 g/mol. The lowest BCUT2D eigenvalue weighted by Crippen LogP contribution is -2.61. The second kappa shape index (κ2) is 48.1. The van der Waals surface area contributed by atoms with Crippen LogP contribution >= 0.6 is 0 Å². The molecule has 10 nitrogen and oxygen atoms in total. The Labute approximate surface area is 619 Å². The van der Waals surface area contributed by atoms with E-state index in [0.29, 0.717) is 12.0 Å². The molecule has 0 saturated carbocycles. The maximum Gasteiger partial charge on any atom is 0.172 e. The van der Waals surface area contributed by atoms with E-state index >= 15 is 0 Å². The van der Waals surface area contributed by atoms with Crippen molar-refractivity contribution in [2.75, 3.05) is 126 Å². The fraction of sp³-hybridized carbons (Fsp3) is 0.943. The third kappa shape index (κ3) is 34.4. The minimum atomic E-state index is 0. The number of piperazine rings is 2. The van der Waals surface area contributed by atoms with Gasteiger partial charge in [-0.25, -0.2) is 4.57 Å². The lowest BCUT2D eigenvalue weighted by molar-refractivity contribution is -0.944. The number of piperidine rings is 3. The summed E-state index contributed by atoms with van der Waals surface area (Å²) in [5, 5.41) is 0. The van der Waals surface area contributed by atoms with E-state index < -0.39 is 0 Å². The minimum Gasteiger partial charge on any atom is -0.324 e. The first-order valence-corrected chi connectivity index (χ1v) is 42.0. The van der Waals surface area contributed by atoms with Gasteiger partial charge in [-0.2, -0.15) is 0 Å². The van der Waals surface area contributed by atoms with E-state index in [2.05, 4.69) is 301 Å². The van der Waals surface area contributed by atoms with Gasteiger partial charge < -0.3 is 23.2 Å². The molecule has 0 aromatic carbocycles. The normalized spacial score (nSPS) is 25.7. The van der Waals surface area contributed by atoms with Gasteiger partial charge in [-0.15, -0.1) is 0 Å². The SMILES string of the molecule is C.CC(C)C1CCCN(C(C)C)C1.CC(C)C1CCCN1C(C)C.CC(C)C1CCC[N+]1(C)C(C)C.CC(C)C1CCN(C(C)C)CC1.CC(C)C1CC[N+](C)(C(C)C)CC1.CC(C)N1CCN(C(C)C)CC1.CC(C)N1CC[N+](C)(C(C)C)CC1.CC(C)c1ccc[n+](C(C)C)c1. The monoisotopic (exact) mass is 1380 g/mol. The Morgan fingerprint density at radius 1 is 0.357 bits per heavy atom. The van der Waals surface area contributed by atoms with Crippen molar-refractivity contribution in [2.24, 2.45) is 47.3 Å². The van der Waals surface area contributed by atoms with E-state index in [9.17, 15) is 0 Å². The molecule has 0 radical (unpaired) electrons. The van der Waals surface area contributed by atoms with E-state index in [-0.39, 0.29) is 7.43 Å². The Morgan fingerprint density at radius 3 is 1.11 bits per heavy atom. The van der Waals surface area contributed by atoms with Gasteiger partial charge in [-0.1, -0.05) is 90.5 Å². The lowest BCUT2D eigenvalue weighted by atomic mass is 9.85. The fourth-order valence-electron chi connectivity index (χ4n) is 16.4. The summed E-state index contributed by atoms with van der Waals surface area (Å²) in [5.74, 6) is 7.87. The summed E-state index contributed by atoms with van der Waals surface area (Å²) in [6.07, 6.45) is 18.6. The highest BCUT2D eigenvalue weighted by Gasteiger charge is 2.42. The van der Waals surface area contributed by atoms with Crippen molar-refractivity contribution < 1.29 is 18.0 Å². The van der Waals surface area contributed by atoms with Gasteiger partial charge in [0.05, 0.1) is 78.0 Å². The summed E-state index contributed by atoms with van der Waals surface area (Å²) in [5.41, 5.74) is 1.41. The standard InChI is InChI=1S/C12H26N.C11H25N2.C11H24N.2C11H23N.C11H18N.C10H22N2.C10H21N.CH4/c2*1-10(2)12-6-8-13(5,9-7-12)11(3)4;1-9(2)11-7-6-8-12(11,5)10(3)4;1-9(2)11-5-7-12(8-6-11)10(3)4;2*1-9(2)11-6-5-7-12(8-11)10(3)4;1-9(2)11-5-7-12(8-6-11)10(3)4;1-8(2)10-6-5-7-11(10)9(3)4;/h10-12H,6-9H2,1-5H3;10-11H,6-9H2,1-5H3;9-11H,6-8H2,1-5H3;2*9-11H,5-8H2,1-4H3;5-10H,1-4H3;9-10H,5-8H2,1-4H3;8-10H,5-7H2,1-4H3;1H4/q3*+1;;;+1;;;. The van der Waals surface area contributed by atoms with Crippen molar-refractivity contribution in [3.8, 4) is 0 Å². The first kappa shape index (κ1) is 96.8. The molecule has 0 amide bonds. The van der Waals surface area contributed by atoms with E-state index in [4.69, 9.17) is 0 Å². The number of likely N-dealkylation sites (N-methyl/N-ethyl adjacent to an activating group) is 1. The Kier molecular flexibility index (Phi) is 47.5. The average Bonchev–Trinajstić information content (AvgIpc) is 1.66. The maximum absolute atomic E-state index is 2.64. The lowest BCUT2D eigenvalue weighted by Gasteiger charge is -2.46. The van der Waals surface area contributed by atoms with E-state index in [1.165, 1.54) is 188 Å². The van der Waals surface area contributed by atoms with E-state index in [1.807, 2.05) is 0 Å². The zero-order chi connectivity index (χ0) is 74.5. The number of pyridine rings is 1. The molecule has 8 rings (SSSR count). The highest BCUT2D eigenvalue weighted by Crippen LogP contribution is 2.34. The predicted octanol–water partition coefficient (Wildman–Crippen LogP) is 19.9. The van der Waals surface area contributed by atoms with Gasteiger partial charge in [0, 0.05) is 118 Å². The summed E-state index contributed by atoms with van der Waals surface area (Å²) in [6.45, 7) is 95.0. The smallest absolute Gasteiger partial charge is 0.172 e. The zero-order valence-electron chi connectivity index (χ0n) is 72.8. The molecule has 0 spiro atoms. The van der Waals surface area contributed by atoms with Gasteiger partial charge >= 0.3 is 0 Å². The molecule has 4 atom stereocenters. The molecule has 7 saturated heterocycles. The van der Waals surface area contributed by atoms with Crippen LogP contribution in [-0.4, -0.2) is 235 Å². The number of quaternary nitrogens is 3. The molecule has 10 heteroatoms. The first-order valence-electron chi connectivity index (χ1n) is 42.0. The Morgan fingerprint density at radius 2 is 0.765 bits per heavy atom. The number of rotatable bonds is 16. The van der Waals surface area contributed by atoms with Crippen LogP contribution in [0.1, 0.15) is 311 Å². The number of hydrogen-bond donors (Lipinski definition) is 0. The molecule has 7 fully saturated rings. The summed E-state index contributed by atoms with van der Waals surface area (Å²) in [4.78, 5) is 15.6. The highest BCUT2D eigenvalue weighted by molar-refractivity contribution is 5.09. The Bertz CT molecular complexity index is 1920. The summed E-state index contributed by atoms with van der Waals surface area (Å²) in [7, 11) is 7.24. The van der Waals surface area contributed by atoms with Gasteiger partial charge in [-0.3, -0.25) is 19.6 Å². The van der Waals surface area contributed by atoms with E-state index in [0.717, 1.165) is 114 Å². The molecule has 4 unspecified atom stereocenters. The fourth-order valence-corrected chi connectivity index (χ4v) is 16.4. The summed E-state index contributed by atoms with van der Waals surface area (Å²) in [6, 6.07) is 13.4. The second-order valence-electron chi connectivity index (χ2n) is 37.7. The van der Waals surface area contributed by atoms with Crippen LogP contribution in [0.25, 0.3) is 0 Å². The molecule has 1 aromatic heterocycles. The Hall–Kier alpha value is -1.21. The van der Waals surface area contributed by atoms with Crippen LogP contribution in [-0.2, 0) is 0 Å². The molecule has 1 aromatic rings. The molecule has 98 heavy (non-hydrogen) atoms. The van der Waals surface area contributed by atoms with Crippen LogP contribution in [0.4, 0.5) is 0 Å². The van der Waals surface area contributed by atoms with Gasteiger partial charge in [0.1, 0.15) is 0 Å². The first-order chi connectivity index (χ1) is 45.0. The molecule has 584 valence electrons. The number of likely N-dealkylation sites (tertiary alicyclic amines) is 5. The Balaban J connectivity index is 0.00000110. The third-order valence-corrected chi connectivity index (χ3v) is 25.9. The van der Waals surface area contributed by atoms with Crippen molar-refractivity contribution >= 4 is 0 Å². The van der Waals surface area contributed by atoms with Gasteiger partial charge in [0.2, 0.25) is 0 Å². The van der Waals surface area contributed by atoms with Gasteiger partial charge in [-0.05, 0) is 269 Å². The highest BCUT2D eigenvalue weighted by atomic mass is 15.4. The third-order valence-electron chi connectivity index (χ3n) is 25.9. The number of aromatic nitrogens is 1. The van der Waals surface area contributed by atoms with Gasteiger partial charge in [0.15, 0.2) is 18.4 Å². The van der Waals surface area contributed by atoms with Crippen molar-refractivity contribution in [2.45, 2.75) is 372 Å². The quantitative estimate of drug-likeness (QED) is 0.121. The van der Waals surface area contributed by atoms with Crippen molar-refractivity contribution in [1.29, 1.82) is 0 Å². The van der Waals surface area contributed by atoms with Crippen LogP contribution in [0.3, 0.4) is 0 Å². The average molecular weight is 1380 g/mol. The van der Waals surface area contributed by atoms with Crippen LogP contribution in [0.5, 0.6) is 0 Å². The van der Waals surface area contributed by atoms with Gasteiger partial charge in [0.25, 0.3) is 0 Å². The molecule has 8 heterocycles. The summed E-state index contributed by atoms with van der Waals surface area (Å²) >= 11 is 0. The van der Waals surface area contributed by atoms with Crippen LogP contribution < -0.4 is 4.57 Å². The number of hydrogen-bond acceptors (Lipinski definition) is 6. The molecule has 0 N–H and O–H groups in total. The second-order valence-corrected chi connectivity index (χ2v) is 37.7. The summed E-state index contributed by atoms with van der Waals surface area (Å²) < 4.78 is 6.10. The van der Waals surface area contributed by atoms with Crippen LogP contribution in [0, 0.1) is 47.3 Å². The number of nitrogens with zero attached hydrogens (tertiary/aromatic N) is 10.